The zero-order valence-electron chi connectivity index (χ0n) is 16.2. The molecule has 2 aromatic rings. The minimum Gasteiger partial charge on any atom is -0.339 e. The summed E-state index contributed by atoms with van der Waals surface area (Å²) in [6.45, 7) is 11.9. The molecule has 26 heavy (non-hydrogen) atoms. The highest BCUT2D eigenvalue weighted by atomic mass is 16.2. The summed E-state index contributed by atoms with van der Waals surface area (Å²) in [5.41, 5.74) is 3.53. The molecular weight excluding hydrogens is 328 g/mol. The molecule has 1 aromatic carbocycles. The van der Waals surface area contributed by atoms with Gasteiger partial charge in [-0.25, -0.2) is 9.97 Å². The second kappa shape index (κ2) is 6.67. The first-order chi connectivity index (χ1) is 12.2. The van der Waals surface area contributed by atoms with Crippen molar-refractivity contribution in [3.8, 4) is 0 Å². The number of fused-ring (bicyclic) bond motifs is 1. The number of hydrogen-bond donors (Lipinski definition) is 0. The van der Waals surface area contributed by atoms with Crippen LogP contribution in [0, 0.1) is 19.3 Å². The van der Waals surface area contributed by atoms with Crippen molar-refractivity contribution in [2.45, 2.75) is 34.6 Å². The van der Waals surface area contributed by atoms with Crippen LogP contribution in [0.3, 0.4) is 0 Å². The van der Waals surface area contributed by atoms with E-state index in [9.17, 15) is 9.59 Å². The minimum absolute atomic E-state index is 0.0187. The molecule has 1 aliphatic heterocycles. The van der Waals surface area contributed by atoms with Crippen molar-refractivity contribution in [2.24, 2.45) is 5.41 Å². The summed E-state index contributed by atoms with van der Waals surface area (Å²) in [7, 11) is 0. The van der Waals surface area contributed by atoms with E-state index in [1.807, 2.05) is 56.6 Å². The SMILES string of the molecule is Cc1nc2ccc(C(=O)N3CCN(C(=O)C(C)(C)C)CC3)cc2nc1C. The molecule has 0 radical (unpaired) electrons. The molecule has 1 aliphatic rings. The van der Waals surface area contributed by atoms with Crippen LogP contribution in [0.2, 0.25) is 0 Å². The van der Waals surface area contributed by atoms with E-state index in [2.05, 4.69) is 9.97 Å². The maximum absolute atomic E-state index is 12.8. The van der Waals surface area contributed by atoms with Gasteiger partial charge in [-0.15, -0.1) is 0 Å². The number of nitrogens with zero attached hydrogens (tertiary/aromatic N) is 4. The lowest BCUT2D eigenvalue weighted by Crippen LogP contribution is -2.53. The van der Waals surface area contributed by atoms with Gasteiger partial charge in [0.05, 0.1) is 22.4 Å². The van der Waals surface area contributed by atoms with E-state index in [0.717, 1.165) is 22.4 Å². The maximum atomic E-state index is 12.8. The topological polar surface area (TPSA) is 66.4 Å². The lowest BCUT2D eigenvalue weighted by atomic mass is 9.94. The van der Waals surface area contributed by atoms with Crippen LogP contribution in [0.15, 0.2) is 18.2 Å². The Hall–Kier alpha value is -2.50. The number of amides is 2. The quantitative estimate of drug-likeness (QED) is 0.789. The zero-order chi connectivity index (χ0) is 19.1. The molecule has 6 heteroatoms. The highest BCUT2D eigenvalue weighted by molar-refractivity contribution is 5.97. The first-order valence-electron chi connectivity index (χ1n) is 9.00. The molecule has 1 fully saturated rings. The Kier molecular flexibility index (Phi) is 4.69. The third kappa shape index (κ3) is 3.54. The van der Waals surface area contributed by atoms with Gasteiger partial charge < -0.3 is 9.80 Å². The molecule has 0 unspecified atom stereocenters. The number of aryl methyl sites for hydroxylation is 2. The summed E-state index contributed by atoms with van der Waals surface area (Å²) in [5.74, 6) is 0.117. The van der Waals surface area contributed by atoms with Gasteiger partial charge in [0, 0.05) is 37.2 Å². The van der Waals surface area contributed by atoms with Gasteiger partial charge in [0.2, 0.25) is 5.91 Å². The predicted molar refractivity (Wildman–Crippen MR) is 101 cm³/mol. The Labute approximate surface area is 154 Å². The summed E-state index contributed by atoms with van der Waals surface area (Å²) in [6.07, 6.45) is 0. The number of piperazine rings is 1. The first kappa shape index (κ1) is 18.3. The van der Waals surface area contributed by atoms with Crippen LogP contribution >= 0.6 is 0 Å². The van der Waals surface area contributed by atoms with Gasteiger partial charge in [-0.1, -0.05) is 20.8 Å². The molecule has 3 rings (SSSR count). The van der Waals surface area contributed by atoms with Crippen molar-refractivity contribution in [1.82, 2.24) is 19.8 Å². The fraction of sp³-hybridized carbons (Fsp3) is 0.500. The fourth-order valence-electron chi connectivity index (χ4n) is 3.13. The van der Waals surface area contributed by atoms with Crippen molar-refractivity contribution >= 4 is 22.8 Å². The lowest BCUT2D eigenvalue weighted by Gasteiger charge is -2.37. The van der Waals surface area contributed by atoms with Crippen LogP contribution in [-0.2, 0) is 4.79 Å². The van der Waals surface area contributed by atoms with Crippen molar-refractivity contribution in [1.29, 1.82) is 0 Å². The summed E-state index contributed by atoms with van der Waals surface area (Å²) in [6, 6.07) is 5.46. The molecule has 0 atom stereocenters. The lowest BCUT2D eigenvalue weighted by molar-refractivity contribution is -0.140. The normalized spacial score (nSPS) is 15.4. The Balaban J connectivity index is 1.73. The van der Waals surface area contributed by atoms with Gasteiger partial charge in [0.1, 0.15) is 0 Å². The Morgan fingerprint density at radius 3 is 2.00 bits per heavy atom. The van der Waals surface area contributed by atoms with Gasteiger partial charge in [-0.2, -0.15) is 0 Å². The molecule has 1 aromatic heterocycles. The number of carbonyl (C=O) groups excluding carboxylic acids is 2. The largest absolute Gasteiger partial charge is 0.339 e. The number of aromatic nitrogens is 2. The fourth-order valence-corrected chi connectivity index (χ4v) is 3.13. The van der Waals surface area contributed by atoms with E-state index in [-0.39, 0.29) is 17.2 Å². The van der Waals surface area contributed by atoms with E-state index >= 15 is 0 Å². The standard InChI is InChI=1S/C20H26N4O2/c1-13-14(2)22-17-12-15(6-7-16(17)21-13)18(25)23-8-10-24(11-9-23)19(26)20(3,4)5/h6-7,12H,8-11H2,1-5H3. The average Bonchev–Trinajstić information content (AvgIpc) is 2.60. The van der Waals surface area contributed by atoms with Crippen LogP contribution < -0.4 is 0 Å². The van der Waals surface area contributed by atoms with Gasteiger partial charge in [-0.3, -0.25) is 9.59 Å². The van der Waals surface area contributed by atoms with Crippen LogP contribution in [0.1, 0.15) is 42.5 Å². The summed E-state index contributed by atoms with van der Waals surface area (Å²) >= 11 is 0. The molecule has 0 N–H and O–H groups in total. The second-order valence-corrected chi connectivity index (χ2v) is 7.93. The molecule has 0 bridgehead atoms. The highest BCUT2D eigenvalue weighted by Crippen LogP contribution is 2.20. The number of benzene rings is 1. The van der Waals surface area contributed by atoms with E-state index in [1.54, 1.807) is 6.07 Å². The smallest absolute Gasteiger partial charge is 0.254 e. The number of rotatable bonds is 1. The molecule has 6 nitrogen and oxygen atoms in total. The van der Waals surface area contributed by atoms with Crippen molar-refractivity contribution < 1.29 is 9.59 Å². The van der Waals surface area contributed by atoms with E-state index < -0.39 is 0 Å². The molecule has 2 amide bonds. The van der Waals surface area contributed by atoms with E-state index in [0.29, 0.717) is 31.7 Å². The number of carbonyl (C=O) groups is 2. The van der Waals surface area contributed by atoms with Crippen molar-refractivity contribution in [3.05, 3.63) is 35.2 Å². The molecule has 2 heterocycles. The highest BCUT2D eigenvalue weighted by Gasteiger charge is 2.31. The van der Waals surface area contributed by atoms with Gasteiger partial charge in [-0.05, 0) is 32.0 Å². The monoisotopic (exact) mass is 354 g/mol. The second-order valence-electron chi connectivity index (χ2n) is 7.93. The van der Waals surface area contributed by atoms with Crippen LogP contribution in [0.25, 0.3) is 11.0 Å². The molecule has 0 spiro atoms. The molecule has 1 saturated heterocycles. The van der Waals surface area contributed by atoms with E-state index in [4.69, 9.17) is 0 Å². The maximum Gasteiger partial charge on any atom is 0.254 e. The summed E-state index contributed by atoms with van der Waals surface area (Å²) < 4.78 is 0. The third-order valence-corrected chi connectivity index (χ3v) is 4.82. The Morgan fingerprint density at radius 1 is 0.885 bits per heavy atom. The van der Waals surface area contributed by atoms with Crippen LogP contribution in [0.4, 0.5) is 0 Å². The van der Waals surface area contributed by atoms with Gasteiger partial charge in [0.15, 0.2) is 0 Å². The van der Waals surface area contributed by atoms with E-state index in [1.165, 1.54) is 0 Å². The van der Waals surface area contributed by atoms with Crippen molar-refractivity contribution in [3.63, 3.8) is 0 Å². The summed E-state index contributed by atoms with van der Waals surface area (Å²) in [5, 5.41) is 0. The molecule has 0 aliphatic carbocycles. The molecule has 0 saturated carbocycles. The molecule has 138 valence electrons. The van der Waals surface area contributed by atoms with Gasteiger partial charge >= 0.3 is 0 Å². The van der Waals surface area contributed by atoms with Crippen molar-refractivity contribution in [2.75, 3.05) is 26.2 Å². The average molecular weight is 354 g/mol. The van der Waals surface area contributed by atoms with Crippen LogP contribution in [0.5, 0.6) is 0 Å². The first-order valence-corrected chi connectivity index (χ1v) is 9.00. The third-order valence-electron chi connectivity index (χ3n) is 4.82. The Morgan fingerprint density at radius 2 is 1.42 bits per heavy atom. The van der Waals surface area contributed by atoms with Gasteiger partial charge in [0.25, 0.3) is 5.91 Å². The van der Waals surface area contributed by atoms with Crippen LogP contribution in [-0.4, -0.2) is 57.8 Å². The minimum atomic E-state index is -0.390. The Bertz CT molecular complexity index is 862. The summed E-state index contributed by atoms with van der Waals surface area (Å²) in [4.78, 5) is 37.9. The predicted octanol–water partition coefficient (Wildman–Crippen LogP) is 2.58. The molecular formula is C20H26N4O2. The number of hydrogen-bond acceptors (Lipinski definition) is 4. The zero-order valence-corrected chi connectivity index (χ0v) is 16.2.